The molecule has 1 saturated carbocycles. The third-order valence-corrected chi connectivity index (χ3v) is 4.33. The first-order valence-corrected chi connectivity index (χ1v) is 7.45. The maximum atomic E-state index is 11.8. The molecular formula is C14H24N2O4. The molecule has 0 aromatic rings. The highest BCUT2D eigenvalue weighted by atomic mass is 16.5. The minimum absolute atomic E-state index is 0.0768. The maximum absolute atomic E-state index is 11.8. The summed E-state index contributed by atoms with van der Waals surface area (Å²) in [4.78, 5) is 24.2. The molecule has 114 valence electrons. The lowest BCUT2D eigenvalue weighted by atomic mass is 9.87. The van der Waals surface area contributed by atoms with E-state index in [-0.39, 0.29) is 17.9 Å². The zero-order chi connectivity index (χ0) is 14.5. The SMILES string of the molecule is CC(C(=O)O)C1CN(C(=O)NCCOC2CCCC2)C1. The van der Waals surface area contributed by atoms with Crippen molar-refractivity contribution in [1.29, 1.82) is 0 Å². The molecule has 1 unspecified atom stereocenters. The van der Waals surface area contributed by atoms with E-state index in [0.29, 0.717) is 32.3 Å². The van der Waals surface area contributed by atoms with Crippen molar-refractivity contribution in [2.75, 3.05) is 26.2 Å². The van der Waals surface area contributed by atoms with Crippen LogP contribution in [0.15, 0.2) is 0 Å². The van der Waals surface area contributed by atoms with Crippen LogP contribution in [0.25, 0.3) is 0 Å². The highest BCUT2D eigenvalue weighted by molar-refractivity contribution is 5.76. The number of urea groups is 1. The quantitative estimate of drug-likeness (QED) is 0.721. The van der Waals surface area contributed by atoms with Crippen molar-refractivity contribution >= 4 is 12.0 Å². The summed E-state index contributed by atoms with van der Waals surface area (Å²) in [6.45, 7) is 3.83. The first kappa shape index (κ1) is 15.1. The molecule has 0 aromatic heterocycles. The lowest BCUT2D eigenvalue weighted by Gasteiger charge is -2.41. The molecule has 6 heteroatoms. The van der Waals surface area contributed by atoms with Gasteiger partial charge in [0.1, 0.15) is 0 Å². The monoisotopic (exact) mass is 284 g/mol. The number of likely N-dealkylation sites (tertiary alicyclic amines) is 1. The normalized spacial score (nSPS) is 21.6. The van der Waals surface area contributed by atoms with Gasteiger partial charge in [-0.05, 0) is 12.8 Å². The first-order chi connectivity index (χ1) is 9.58. The number of aliphatic carboxylic acids is 1. The predicted molar refractivity (Wildman–Crippen MR) is 73.5 cm³/mol. The average molecular weight is 284 g/mol. The highest BCUT2D eigenvalue weighted by Crippen LogP contribution is 2.24. The van der Waals surface area contributed by atoms with Gasteiger partial charge in [0.2, 0.25) is 0 Å². The first-order valence-electron chi connectivity index (χ1n) is 7.45. The Morgan fingerprint density at radius 3 is 2.60 bits per heavy atom. The number of amides is 2. The van der Waals surface area contributed by atoms with Gasteiger partial charge in [0.05, 0.1) is 18.6 Å². The van der Waals surface area contributed by atoms with Gasteiger partial charge in [0, 0.05) is 25.6 Å². The van der Waals surface area contributed by atoms with Crippen molar-refractivity contribution in [1.82, 2.24) is 10.2 Å². The Hall–Kier alpha value is -1.30. The third kappa shape index (κ3) is 3.85. The van der Waals surface area contributed by atoms with Gasteiger partial charge in [-0.2, -0.15) is 0 Å². The van der Waals surface area contributed by atoms with E-state index in [1.54, 1.807) is 11.8 Å². The zero-order valence-electron chi connectivity index (χ0n) is 12.0. The van der Waals surface area contributed by atoms with Gasteiger partial charge < -0.3 is 20.1 Å². The van der Waals surface area contributed by atoms with E-state index in [2.05, 4.69) is 5.32 Å². The molecule has 1 heterocycles. The Labute approximate surface area is 119 Å². The molecule has 6 nitrogen and oxygen atoms in total. The number of carbonyl (C=O) groups is 2. The van der Waals surface area contributed by atoms with Crippen LogP contribution >= 0.6 is 0 Å². The van der Waals surface area contributed by atoms with Crippen molar-refractivity contribution in [3.8, 4) is 0 Å². The molecular weight excluding hydrogens is 260 g/mol. The van der Waals surface area contributed by atoms with Gasteiger partial charge in [-0.15, -0.1) is 0 Å². The Balaban J connectivity index is 1.54. The Kier molecular flexibility index (Phi) is 5.23. The van der Waals surface area contributed by atoms with Crippen molar-refractivity contribution in [3.63, 3.8) is 0 Å². The molecule has 1 aliphatic heterocycles. The second-order valence-electron chi connectivity index (χ2n) is 5.80. The van der Waals surface area contributed by atoms with E-state index in [9.17, 15) is 9.59 Å². The molecule has 2 aliphatic rings. The molecule has 0 spiro atoms. The summed E-state index contributed by atoms with van der Waals surface area (Å²) in [6, 6.07) is -0.117. The fourth-order valence-electron chi connectivity index (χ4n) is 2.75. The zero-order valence-corrected chi connectivity index (χ0v) is 12.0. The minimum Gasteiger partial charge on any atom is -0.481 e. The van der Waals surface area contributed by atoms with Crippen LogP contribution in [0.4, 0.5) is 4.79 Å². The van der Waals surface area contributed by atoms with E-state index in [1.807, 2.05) is 0 Å². The Bertz CT molecular complexity index is 349. The van der Waals surface area contributed by atoms with Crippen LogP contribution in [-0.4, -0.2) is 54.4 Å². The number of carboxylic acid groups (broad SMARTS) is 1. The van der Waals surface area contributed by atoms with Crippen LogP contribution in [0.5, 0.6) is 0 Å². The van der Waals surface area contributed by atoms with Gasteiger partial charge in [0.25, 0.3) is 0 Å². The van der Waals surface area contributed by atoms with Crippen LogP contribution in [-0.2, 0) is 9.53 Å². The fourth-order valence-corrected chi connectivity index (χ4v) is 2.75. The molecule has 1 aliphatic carbocycles. The molecule has 20 heavy (non-hydrogen) atoms. The number of ether oxygens (including phenoxy) is 1. The topological polar surface area (TPSA) is 78.9 Å². The van der Waals surface area contributed by atoms with Crippen LogP contribution in [0, 0.1) is 11.8 Å². The number of hydrogen-bond donors (Lipinski definition) is 2. The van der Waals surface area contributed by atoms with E-state index < -0.39 is 5.97 Å². The number of nitrogens with zero attached hydrogens (tertiary/aromatic N) is 1. The summed E-state index contributed by atoms with van der Waals surface area (Å²) in [6.07, 6.45) is 5.13. The van der Waals surface area contributed by atoms with E-state index in [0.717, 1.165) is 12.8 Å². The van der Waals surface area contributed by atoms with Crippen molar-refractivity contribution in [2.24, 2.45) is 11.8 Å². The number of rotatable bonds is 6. The minimum atomic E-state index is -0.792. The maximum Gasteiger partial charge on any atom is 0.317 e. The average Bonchev–Trinajstić information content (AvgIpc) is 2.85. The third-order valence-electron chi connectivity index (χ3n) is 4.33. The summed E-state index contributed by atoms with van der Waals surface area (Å²) < 4.78 is 5.66. The summed E-state index contributed by atoms with van der Waals surface area (Å²) in [5.41, 5.74) is 0. The number of carboxylic acids is 1. The number of carbonyl (C=O) groups excluding carboxylic acids is 1. The highest BCUT2D eigenvalue weighted by Gasteiger charge is 2.36. The smallest absolute Gasteiger partial charge is 0.317 e. The van der Waals surface area contributed by atoms with Crippen molar-refractivity contribution in [3.05, 3.63) is 0 Å². The molecule has 1 saturated heterocycles. The Morgan fingerprint density at radius 2 is 2.00 bits per heavy atom. The lowest BCUT2D eigenvalue weighted by Crippen LogP contribution is -2.56. The number of hydrogen-bond acceptors (Lipinski definition) is 3. The molecule has 0 aromatic carbocycles. The molecule has 2 amide bonds. The van der Waals surface area contributed by atoms with E-state index in [4.69, 9.17) is 9.84 Å². The summed E-state index contributed by atoms with van der Waals surface area (Å²) in [7, 11) is 0. The molecule has 1 atom stereocenters. The van der Waals surface area contributed by atoms with Crippen LogP contribution in [0.3, 0.4) is 0 Å². The molecule has 0 bridgehead atoms. The van der Waals surface area contributed by atoms with Gasteiger partial charge in [-0.3, -0.25) is 4.79 Å². The number of nitrogens with one attached hydrogen (secondary N) is 1. The second-order valence-corrected chi connectivity index (χ2v) is 5.80. The van der Waals surface area contributed by atoms with Gasteiger partial charge in [0.15, 0.2) is 0 Å². The largest absolute Gasteiger partial charge is 0.481 e. The Morgan fingerprint density at radius 1 is 1.35 bits per heavy atom. The summed E-state index contributed by atoms with van der Waals surface area (Å²) in [5.74, 6) is -1.10. The van der Waals surface area contributed by atoms with Gasteiger partial charge in [-0.1, -0.05) is 19.8 Å². The van der Waals surface area contributed by atoms with Crippen LogP contribution < -0.4 is 5.32 Å². The standard InChI is InChI=1S/C14H24N2O4/c1-10(13(17)18)11-8-16(9-11)14(19)15-6-7-20-12-4-2-3-5-12/h10-12H,2-9H2,1H3,(H,15,19)(H,17,18). The molecule has 2 N–H and O–H groups in total. The van der Waals surface area contributed by atoms with Gasteiger partial charge >= 0.3 is 12.0 Å². The molecule has 2 fully saturated rings. The van der Waals surface area contributed by atoms with E-state index in [1.165, 1.54) is 12.8 Å². The van der Waals surface area contributed by atoms with Crippen molar-refractivity contribution in [2.45, 2.75) is 38.7 Å². The predicted octanol–water partition coefficient (Wildman–Crippen LogP) is 1.31. The van der Waals surface area contributed by atoms with Gasteiger partial charge in [-0.25, -0.2) is 4.79 Å². The van der Waals surface area contributed by atoms with E-state index >= 15 is 0 Å². The lowest BCUT2D eigenvalue weighted by molar-refractivity contribution is -0.144. The summed E-state index contributed by atoms with van der Waals surface area (Å²) in [5, 5.41) is 11.7. The van der Waals surface area contributed by atoms with Crippen LogP contribution in [0.1, 0.15) is 32.6 Å². The molecule has 0 radical (unpaired) electrons. The summed E-state index contributed by atoms with van der Waals surface area (Å²) >= 11 is 0. The van der Waals surface area contributed by atoms with Crippen molar-refractivity contribution < 1.29 is 19.4 Å². The van der Waals surface area contributed by atoms with Crippen LogP contribution in [0.2, 0.25) is 0 Å². The fraction of sp³-hybridized carbons (Fsp3) is 0.857. The molecule has 2 rings (SSSR count). The second kappa shape index (κ2) is 6.92.